The Morgan fingerprint density at radius 1 is 1.07 bits per heavy atom. The molecule has 2 rings (SSSR count). The summed E-state index contributed by atoms with van der Waals surface area (Å²) in [5.41, 5.74) is 4.12. The smallest absolute Gasteiger partial charge is 0.337 e. The number of anilines is 1. The second kappa shape index (κ2) is 9.68. The van der Waals surface area contributed by atoms with Crippen LogP contribution < -0.4 is 11.1 Å². The molecular formula is C17H16N6O7. The van der Waals surface area contributed by atoms with Gasteiger partial charge in [-0.05, 0) is 6.42 Å². The van der Waals surface area contributed by atoms with E-state index >= 15 is 0 Å². The van der Waals surface area contributed by atoms with E-state index in [2.05, 4.69) is 15.3 Å². The zero-order valence-electron chi connectivity index (χ0n) is 15.3. The van der Waals surface area contributed by atoms with Gasteiger partial charge in [0.25, 0.3) is 11.6 Å². The van der Waals surface area contributed by atoms with Crippen molar-refractivity contribution in [3.63, 3.8) is 0 Å². The Hall–Kier alpha value is -4.42. The number of carboxylic acid groups (broad SMARTS) is 1. The molecule has 0 radical (unpaired) electrons. The number of pyridine rings is 2. The predicted molar refractivity (Wildman–Crippen MR) is 103 cm³/mol. The summed E-state index contributed by atoms with van der Waals surface area (Å²) in [4.78, 5) is 50.5. The molecule has 0 atom stereocenters. The van der Waals surface area contributed by atoms with Gasteiger partial charge in [-0.25, -0.2) is 9.78 Å². The number of hydrogen-bond acceptors (Lipinski definition) is 9. The van der Waals surface area contributed by atoms with Gasteiger partial charge in [-0.1, -0.05) is 12.2 Å². The Labute approximate surface area is 168 Å². The molecule has 4 N–H and O–H groups in total. The van der Waals surface area contributed by atoms with Gasteiger partial charge in [-0.2, -0.15) is 0 Å². The highest BCUT2D eigenvalue weighted by Crippen LogP contribution is 2.23. The summed E-state index contributed by atoms with van der Waals surface area (Å²) in [5.74, 6) is -2.24. The lowest BCUT2D eigenvalue weighted by Gasteiger charge is -2.04. The highest BCUT2D eigenvalue weighted by molar-refractivity contribution is 5.93. The molecule has 13 nitrogen and oxygen atoms in total. The third-order valence-corrected chi connectivity index (χ3v) is 3.84. The number of carbonyl (C=O) groups excluding carboxylic acids is 1. The van der Waals surface area contributed by atoms with Gasteiger partial charge < -0.3 is 16.2 Å². The molecule has 0 aliphatic rings. The highest BCUT2D eigenvalue weighted by atomic mass is 16.6. The maximum Gasteiger partial charge on any atom is 0.337 e. The van der Waals surface area contributed by atoms with Crippen LogP contribution in [0.3, 0.4) is 0 Å². The molecule has 0 spiro atoms. The molecule has 0 aliphatic heterocycles. The molecule has 2 heterocycles. The van der Waals surface area contributed by atoms with E-state index in [1.165, 1.54) is 6.20 Å². The van der Waals surface area contributed by atoms with Crippen LogP contribution in [0, 0.1) is 20.2 Å². The molecule has 0 unspecified atom stereocenters. The van der Waals surface area contributed by atoms with Crippen molar-refractivity contribution in [1.82, 2.24) is 9.97 Å². The largest absolute Gasteiger partial charge is 0.478 e. The minimum atomic E-state index is -1.33. The number of nitrogens with one attached hydrogen (secondary N) is 1. The van der Waals surface area contributed by atoms with Gasteiger partial charge in [0, 0.05) is 37.5 Å². The van der Waals surface area contributed by atoms with Gasteiger partial charge in [-0.15, -0.1) is 0 Å². The molecular weight excluding hydrogens is 400 g/mol. The molecule has 0 fully saturated rings. The van der Waals surface area contributed by atoms with Gasteiger partial charge in [0.2, 0.25) is 5.82 Å². The molecule has 0 bridgehead atoms. The van der Waals surface area contributed by atoms with Crippen LogP contribution in [-0.4, -0.2) is 43.3 Å². The molecule has 0 saturated carbocycles. The number of aromatic nitrogens is 2. The summed E-state index contributed by atoms with van der Waals surface area (Å²) in [6.45, 7) is 0.149. The number of aryl methyl sites for hydroxylation is 1. The number of aromatic carboxylic acids is 1. The third-order valence-electron chi connectivity index (χ3n) is 3.84. The first kappa shape index (κ1) is 21.9. The van der Waals surface area contributed by atoms with Crippen molar-refractivity contribution >= 4 is 29.1 Å². The second-order valence-electron chi connectivity index (χ2n) is 5.86. The molecule has 30 heavy (non-hydrogen) atoms. The van der Waals surface area contributed by atoms with E-state index in [4.69, 9.17) is 10.8 Å². The molecule has 0 aliphatic carbocycles. The van der Waals surface area contributed by atoms with Crippen LogP contribution in [0.25, 0.3) is 0 Å². The van der Waals surface area contributed by atoms with Crippen molar-refractivity contribution in [1.29, 1.82) is 0 Å². The Bertz CT molecular complexity index is 956. The summed E-state index contributed by atoms with van der Waals surface area (Å²) in [5, 5.41) is 33.8. The number of nitrogens with two attached hydrogens (primary N) is 1. The number of carbonyl (C=O) groups is 2. The molecule has 2 aromatic heterocycles. The Balaban J connectivity index is 1.97. The summed E-state index contributed by atoms with van der Waals surface area (Å²) < 4.78 is 0. The molecule has 0 aromatic carbocycles. The van der Waals surface area contributed by atoms with Crippen LogP contribution in [-0.2, 0) is 6.42 Å². The number of nitrogens with zero attached hydrogens (tertiary/aromatic N) is 4. The van der Waals surface area contributed by atoms with Crippen LogP contribution >= 0.6 is 0 Å². The standard InChI is InChI=1S/C17H16N6O7/c18-15(24)10-6-13(22(27)28)12(20-8-10)4-2-1-3-5-19-16-14(23(29)30)7-11(9-21-16)17(25)26/h1,3,6-9H,2,4-5H2,(H2,18,24)(H,19,21)(H,25,26)/b3-1+. The molecule has 1 amide bonds. The number of amides is 1. The summed E-state index contributed by atoms with van der Waals surface area (Å²) in [6, 6.07) is 1.98. The maximum absolute atomic E-state index is 11.1. The van der Waals surface area contributed by atoms with E-state index in [9.17, 15) is 29.8 Å². The van der Waals surface area contributed by atoms with Crippen LogP contribution in [0.4, 0.5) is 17.2 Å². The number of primary amides is 1. The molecule has 0 saturated heterocycles. The van der Waals surface area contributed by atoms with Gasteiger partial charge in [0.1, 0.15) is 5.69 Å². The SMILES string of the molecule is NC(=O)c1cnc(CC/C=C/CNc2ncc(C(=O)O)cc2[N+](=O)[O-])c([N+](=O)[O-])c1. The number of rotatable bonds is 10. The fraction of sp³-hybridized carbons (Fsp3) is 0.176. The van der Waals surface area contributed by atoms with Gasteiger partial charge in [0.15, 0.2) is 0 Å². The first-order chi connectivity index (χ1) is 14.2. The van der Waals surface area contributed by atoms with Crippen molar-refractivity contribution in [2.75, 3.05) is 11.9 Å². The minimum absolute atomic E-state index is 0.0618. The minimum Gasteiger partial charge on any atom is -0.478 e. The van der Waals surface area contributed by atoms with E-state index in [1.807, 2.05) is 0 Å². The van der Waals surface area contributed by atoms with Crippen molar-refractivity contribution < 1.29 is 24.5 Å². The molecule has 2 aromatic rings. The quantitative estimate of drug-likeness (QED) is 0.290. The number of carboxylic acids is 1. The summed E-state index contributed by atoms with van der Waals surface area (Å²) in [6.07, 6.45) is 6.07. The second-order valence-corrected chi connectivity index (χ2v) is 5.86. The van der Waals surface area contributed by atoms with E-state index in [-0.39, 0.29) is 41.3 Å². The van der Waals surface area contributed by atoms with Gasteiger partial charge in [0.05, 0.1) is 21.0 Å². The first-order valence-electron chi connectivity index (χ1n) is 8.40. The average Bonchev–Trinajstić information content (AvgIpc) is 2.70. The molecule has 13 heteroatoms. The average molecular weight is 416 g/mol. The normalized spacial score (nSPS) is 10.7. The number of allylic oxidation sites excluding steroid dienone is 1. The predicted octanol–water partition coefficient (Wildman–Crippen LogP) is 1.69. The monoisotopic (exact) mass is 416 g/mol. The van der Waals surface area contributed by atoms with E-state index in [0.717, 1.165) is 18.3 Å². The van der Waals surface area contributed by atoms with Crippen LogP contribution in [0.5, 0.6) is 0 Å². The van der Waals surface area contributed by atoms with Gasteiger partial charge in [-0.3, -0.25) is 30.0 Å². The maximum atomic E-state index is 11.1. The van der Waals surface area contributed by atoms with Crippen molar-refractivity contribution in [2.24, 2.45) is 5.73 Å². The van der Waals surface area contributed by atoms with Gasteiger partial charge >= 0.3 is 11.7 Å². The topological polar surface area (TPSA) is 204 Å². The Morgan fingerprint density at radius 2 is 1.70 bits per heavy atom. The molecule has 156 valence electrons. The first-order valence-corrected chi connectivity index (χ1v) is 8.40. The lowest BCUT2D eigenvalue weighted by atomic mass is 10.1. The zero-order chi connectivity index (χ0) is 22.3. The van der Waals surface area contributed by atoms with E-state index in [0.29, 0.717) is 6.42 Å². The van der Waals surface area contributed by atoms with E-state index in [1.54, 1.807) is 12.2 Å². The fourth-order valence-electron chi connectivity index (χ4n) is 2.39. The van der Waals surface area contributed by atoms with E-state index < -0.39 is 27.4 Å². The van der Waals surface area contributed by atoms with Crippen molar-refractivity contribution in [3.05, 3.63) is 73.7 Å². The van der Waals surface area contributed by atoms with Crippen LogP contribution in [0.15, 0.2) is 36.7 Å². The Kier molecular flexibility index (Phi) is 7.06. The van der Waals surface area contributed by atoms with Crippen molar-refractivity contribution in [2.45, 2.75) is 12.8 Å². The third kappa shape index (κ3) is 5.54. The Morgan fingerprint density at radius 3 is 2.30 bits per heavy atom. The fourth-order valence-corrected chi connectivity index (χ4v) is 2.39. The van der Waals surface area contributed by atoms with Crippen molar-refractivity contribution in [3.8, 4) is 0 Å². The summed E-state index contributed by atoms with van der Waals surface area (Å²) in [7, 11) is 0. The zero-order valence-corrected chi connectivity index (χ0v) is 15.3. The highest BCUT2D eigenvalue weighted by Gasteiger charge is 2.19. The number of hydrogen-bond donors (Lipinski definition) is 3. The lowest BCUT2D eigenvalue weighted by Crippen LogP contribution is -2.12. The van der Waals surface area contributed by atoms with Crippen LogP contribution in [0.1, 0.15) is 32.8 Å². The lowest BCUT2D eigenvalue weighted by molar-refractivity contribution is -0.386. The van der Waals surface area contributed by atoms with Crippen LogP contribution in [0.2, 0.25) is 0 Å². The summed E-state index contributed by atoms with van der Waals surface area (Å²) >= 11 is 0. The number of nitro groups is 2.